The topological polar surface area (TPSA) is 77.4 Å². The van der Waals surface area contributed by atoms with Crippen molar-refractivity contribution in [1.29, 1.82) is 0 Å². The standard InChI is InChI=1S/C27H28N4O3/c1-17-7-8-20(14-23(17)19-11-12-33-16-19)29-27-30-24-15-22(9-10-25(24)31(27)3)34-21-6-4-5-18(13-21)26(32)28-2/h4-10,13-15,19H,11-12,16H2,1-3H3,(H,28,32)(H,29,30). The number of rotatable bonds is 6. The molecule has 0 aliphatic carbocycles. The van der Waals surface area contributed by atoms with E-state index < -0.39 is 0 Å². The zero-order valence-electron chi connectivity index (χ0n) is 19.6. The normalized spacial score (nSPS) is 15.4. The molecule has 1 saturated heterocycles. The molecular weight excluding hydrogens is 428 g/mol. The first-order chi connectivity index (χ1) is 16.5. The second-order valence-corrected chi connectivity index (χ2v) is 8.61. The Kier molecular flexibility index (Phi) is 5.94. The minimum atomic E-state index is -0.152. The van der Waals surface area contributed by atoms with Crippen LogP contribution in [0.2, 0.25) is 0 Å². The summed E-state index contributed by atoms with van der Waals surface area (Å²) < 4.78 is 13.6. The summed E-state index contributed by atoms with van der Waals surface area (Å²) in [6.07, 6.45) is 1.06. The van der Waals surface area contributed by atoms with Gasteiger partial charge in [0.2, 0.25) is 5.95 Å². The van der Waals surface area contributed by atoms with Crippen molar-refractivity contribution in [3.63, 3.8) is 0 Å². The van der Waals surface area contributed by atoms with Crippen molar-refractivity contribution in [3.8, 4) is 11.5 Å². The van der Waals surface area contributed by atoms with Gasteiger partial charge < -0.3 is 24.7 Å². The molecule has 3 aromatic carbocycles. The summed E-state index contributed by atoms with van der Waals surface area (Å²) in [5.41, 5.74) is 5.98. The van der Waals surface area contributed by atoms with Gasteiger partial charge in [-0.2, -0.15) is 0 Å². The van der Waals surface area contributed by atoms with E-state index in [2.05, 4.69) is 35.8 Å². The molecule has 34 heavy (non-hydrogen) atoms. The fourth-order valence-electron chi connectivity index (χ4n) is 4.40. The number of carbonyl (C=O) groups is 1. The minimum Gasteiger partial charge on any atom is -0.457 e. The average Bonchev–Trinajstić information content (AvgIpc) is 3.48. The van der Waals surface area contributed by atoms with Crippen LogP contribution in [0.1, 0.15) is 33.8 Å². The van der Waals surface area contributed by atoms with Gasteiger partial charge in [0.05, 0.1) is 17.6 Å². The van der Waals surface area contributed by atoms with E-state index in [0.29, 0.717) is 23.0 Å². The van der Waals surface area contributed by atoms with Crippen molar-refractivity contribution in [3.05, 3.63) is 77.4 Å². The highest BCUT2D eigenvalue weighted by Gasteiger charge is 2.20. The third kappa shape index (κ3) is 4.34. The van der Waals surface area contributed by atoms with E-state index in [4.69, 9.17) is 14.5 Å². The predicted octanol–water partition coefficient (Wildman–Crippen LogP) is 5.28. The molecule has 1 amide bonds. The molecule has 2 N–H and O–H groups in total. The first-order valence-corrected chi connectivity index (χ1v) is 11.4. The Labute approximate surface area is 198 Å². The van der Waals surface area contributed by atoms with Crippen LogP contribution in [0.4, 0.5) is 11.6 Å². The average molecular weight is 457 g/mol. The third-order valence-corrected chi connectivity index (χ3v) is 6.32. The molecule has 174 valence electrons. The molecule has 1 unspecified atom stereocenters. The van der Waals surface area contributed by atoms with E-state index in [1.54, 1.807) is 25.2 Å². The van der Waals surface area contributed by atoms with E-state index in [1.165, 1.54) is 11.1 Å². The molecule has 7 heteroatoms. The lowest BCUT2D eigenvalue weighted by Gasteiger charge is -2.14. The van der Waals surface area contributed by atoms with Gasteiger partial charge in [-0.3, -0.25) is 4.79 Å². The zero-order valence-corrected chi connectivity index (χ0v) is 19.6. The predicted molar refractivity (Wildman–Crippen MR) is 133 cm³/mol. The Hall–Kier alpha value is -3.84. The van der Waals surface area contributed by atoms with Crippen LogP contribution in [-0.2, 0) is 11.8 Å². The summed E-state index contributed by atoms with van der Waals surface area (Å²) in [6, 6.07) is 19.3. The van der Waals surface area contributed by atoms with E-state index in [0.717, 1.165) is 42.3 Å². The lowest BCUT2D eigenvalue weighted by atomic mass is 9.94. The third-order valence-electron chi connectivity index (χ3n) is 6.32. The summed E-state index contributed by atoms with van der Waals surface area (Å²) >= 11 is 0. The fraction of sp³-hybridized carbons (Fsp3) is 0.259. The highest BCUT2D eigenvalue weighted by atomic mass is 16.5. The lowest BCUT2D eigenvalue weighted by Crippen LogP contribution is -2.17. The van der Waals surface area contributed by atoms with Crippen molar-refractivity contribution in [2.75, 3.05) is 25.6 Å². The molecule has 0 radical (unpaired) electrons. The number of imidazole rings is 1. The molecule has 1 fully saturated rings. The van der Waals surface area contributed by atoms with Gasteiger partial charge >= 0.3 is 0 Å². The molecule has 0 spiro atoms. The van der Waals surface area contributed by atoms with Gasteiger partial charge in [0.1, 0.15) is 11.5 Å². The number of aromatic nitrogens is 2. The van der Waals surface area contributed by atoms with Gasteiger partial charge in [0.15, 0.2) is 0 Å². The second kappa shape index (κ2) is 9.19. The largest absolute Gasteiger partial charge is 0.457 e. The molecular formula is C27H28N4O3. The second-order valence-electron chi connectivity index (χ2n) is 8.61. The van der Waals surface area contributed by atoms with Crippen LogP contribution < -0.4 is 15.4 Å². The number of ether oxygens (including phenoxy) is 2. The fourth-order valence-corrected chi connectivity index (χ4v) is 4.40. The Morgan fingerprint density at radius 1 is 1.12 bits per heavy atom. The molecule has 4 aromatic rings. The van der Waals surface area contributed by atoms with Crippen LogP contribution in [0.15, 0.2) is 60.7 Å². The van der Waals surface area contributed by atoms with Gasteiger partial charge in [-0.25, -0.2) is 4.98 Å². The number of benzene rings is 3. The minimum absolute atomic E-state index is 0.152. The molecule has 1 aromatic heterocycles. The van der Waals surface area contributed by atoms with Crippen LogP contribution >= 0.6 is 0 Å². The summed E-state index contributed by atoms with van der Waals surface area (Å²) in [5.74, 6) is 2.30. The van der Waals surface area contributed by atoms with Crippen LogP contribution in [0.3, 0.4) is 0 Å². The highest BCUT2D eigenvalue weighted by molar-refractivity contribution is 5.94. The Bertz CT molecular complexity index is 1360. The van der Waals surface area contributed by atoms with Crippen molar-refractivity contribution >= 4 is 28.6 Å². The van der Waals surface area contributed by atoms with Crippen molar-refractivity contribution in [1.82, 2.24) is 14.9 Å². The van der Waals surface area contributed by atoms with E-state index in [9.17, 15) is 4.79 Å². The lowest BCUT2D eigenvalue weighted by molar-refractivity contribution is 0.0963. The Morgan fingerprint density at radius 2 is 1.97 bits per heavy atom. The number of amides is 1. The molecule has 2 heterocycles. The number of nitrogens with one attached hydrogen (secondary N) is 2. The maximum absolute atomic E-state index is 11.9. The maximum Gasteiger partial charge on any atom is 0.251 e. The smallest absolute Gasteiger partial charge is 0.251 e. The summed E-state index contributed by atoms with van der Waals surface area (Å²) in [4.78, 5) is 16.7. The van der Waals surface area contributed by atoms with Crippen molar-refractivity contribution in [2.45, 2.75) is 19.3 Å². The van der Waals surface area contributed by atoms with Crippen LogP contribution in [0.5, 0.6) is 11.5 Å². The highest BCUT2D eigenvalue weighted by Crippen LogP contribution is 2.32. The zero-order chi connectivity index (χ0) is 23.7. The molecule has 0 bridgehead atoms. The number of aryl methyl sites for hydroxylation is 2. The Morgan fingerprint density at radius 3 is 2.76 bits per heavy atom. The molecule has 0 saturated carbocycles. The van der Waals surface area contributed by atoms with Crippen LogP contribution in [-0.4, -0.2) is 35.7 Å². The first-order valence-electron chi connectivity index (χ1n) is 11.4. The monoisotopic (exact) mass is 456 g/mol. The van der Waals surface area contributed by atoms with Gasteiger partial charge in [0.25, 0.3) is 5.91 Å². The molecule has 1 aliphatic rings. The van der Waals surface area contributed by atoms with E-state index in [1.807, 2.05) is 35.9 Å². The number of nitrogens with zero attached hydrogens (tertiary/aromatic N) is 2. The number of hydrogen-bond acceptors (Lipinski definition) is 5. The van der Waals surface area contributed by atoms with E-state index in [-0.39, 0.29) is 5.91 Å². The van der Waals surface area contributed by atoms with Crippen LogP contribution in [0.25, 0.3) is 11.0 Å². The summed E-state index contributed by atoms with van der Waals surface area (Å²) in [6.45, 7) is 3.76. The molecule has 7 nitrogen and oxygen atoms in total. The van der Waals surface area contributed by atoms with Crippen molar-refractivity contribution in [2.24, 2.45) is 7.05 Å². The number of carbonyl (C=O) groups excluding carboxylic acids is 1. The van der Waals surface area contributed by atoms with Crippen molar-refractivity contribution < 1.29 is 14.3 Å². The van der Waals surface area contributed by atoms with Gasteiger partial charge in [-0.1, -0.05) is 12.1 Å². The quantitative estimate of drug-likeness (QED) is 0.413. The van der Waals surface area contributed by atoms with E-state index >= 15 is 0 Å². The first kappa shape index (κ1) is 22.0. The maximum atomic E-state index is 11.9. The Balaban J connectivity index is 1.39. The van der Waals surface area contributed by atoms with Crippen LogP contribution in [0, 0.1) is 6.92 Å². The number of fused-ring (bicyclic) bond motifs is 1. The summed E-state index contributed by atoms with van der Waals surface area (Å²) in [5, 5.41) is 6.10. The number of anilines is 2. The van der Waals surface area contributed by atoms with Gasteiger partial charge in [-0.15, -0.1) is 0 Å². The summed E-state index contributed by atoms with van der Waals surface area (Å²) in [7, 11) is 3.60. The molecule has 5 rings (SSSR count). The van der Waals surface area contributed by atoms with Gasteiger partial charge in [-0.05, 0) is 66.9 Å². The van der Waals surface area contributed by atoms with Gasteiger partial charge in [0, 0.05) is 43.9 Å². The number of hydrogen-bond donors (Lipinski definition) is 2. The molecule has 1 aliphatic heterocycles. The molecule has 1 atom stereocenters. The SMILES string of the molecule is CNC(=O)c1cccc(Oc2ccc3c(c2)nc(Nc2ccc(C)c(C4CCOC4)c2)n3C)c1.